The summed E-state index contributed by atoms with van der Waals surface area (Å²) >= 11 is 0. The highest BCUT2D eigenvalue weighted by atomic mass is 19.1. The van der Waals surface area contributed by atoms with Gasteiger partial charge in [-0.2, -0.15) is 0 Å². The van der Waals surface area contributed by atoms with E-state index in [4.69, 9.17) is 10.5 Å². The van der Waals surface area contributed by atoms with Gasteiger partial charge in [-0.25, -0.2) is 8.78 Å². The third kappa shape index (κ3) is 3.75. The second-order valence-corrected chi connectivity index (χ2v) is 4.88. The molecular weight excluding hydrogens is 236 g/mol. The van der Waals surface area contributed by atoms with Crippen LogP contribution in [-0.2, 0) is 4.74 Å². The molecule has 0 bridgehead atoms. The lowest BCUT2D eigenvalue weighted by Crippen LogP contribution is -2.21. The first-order valence-corrected chi connectivity index (χ1v) is 6.48. The van der Waals surface area contributed by atoms with E-state index in [0.29, 0.717) is 12.0 Å². The first kappa shape index (κ1) is 13.4. The molecule has 0 spiro atoms. The SMILES string of the molecule is NC(CCC1CCCCO1)c1cc(F)cc(F)c1. The smallest absolute Gasteiger partial charge is 0.126 e. The molecule has 1 aromatic rings. The molecule has 1 aliphatic rings. The van der Waals surface area contributed by atoms with Crippen LogP contribution in [0.2, 0.25) is 0 Å². The van der Waals surface area contributed by atoms with Gasteiger partial charge in [0.1, 0.15) is 11.6 Å². The lowest BCUT2D eigenvalue weighted by atomic mass is 9.98. The van der Waals surface area contributed by atoms with Crippen LogP contribution in [0, 0.1) is 11.6 Å². The zero-order chi connectivity index (χ0) is 13.0. The van der Waals surface area contributed by atoms with Gasteiger partial charge < -0.3 is 10.5 Å². The Hall–Kier alpha value is -1.00. The zero-order valence-electron chi connectivity index (χ0n) is 10.4. The third-order valence-electron chi connectivity index (χ3n) is 3.39. The molecule has 2 atom stereocenters. The maximum atomic E-state index is 13.1. The molecule has 0 aromatic heterocycles. The van der Waals surface area contributed by atoms with E-state index in [1.165, 1.54) is 18.6 Å². The maximum absolute atomic E-state index is 13.1. The van der Waals surface area contributed by atoms with E-state index in [1.807, 2.05) is 0 Å². The molecule has 1 aliphatic heterocycles. The molecule has 2 rings (SSSR count). The van der Waals surface area contributed by atoms with Crippen molar-refractivity contribution in [2.24, 2.45) is 5.73 Å². The Morgan fingerprint density at radius 3 is 2.56 bits per heavy atom. The fourth-order valence-corrected chi connectivity index (χ4v) is 2.36. The predicted molar refractivity (Wildman–Crippen MR) is 66.1 cm³/mol. The summed E-state index contributed by atoms with van der Waals surface area (Å²) in [4.78, 5) is 0. The quantitative estimate of drug-likeness (QED) is 0.895. The first-order chi connectivity index (χ1) is 8.65. The largest absolute Gasteiger partial charge is 0.378 e. The first-order valence-electron chi connectivity index (χ1n) is 6.48. The predicted octanol–water partition coefficient (Wildman–Crippen LogP) is 3.31. The minimum absolute atomic E-state index is 0.253. The summed E-state index contributed by atoms with van der Waals surface area (Å²) in [6, 6.07) is 3.13. The summed E-state index contributed by atoms with van der Waals surface area (Å²) in [5, 5.41) is 0. The van der Waals surface area contributed by atoms with E-state index in [-0.39, 0.29) is 12.1 Å². The molecule has 18 heavy (non-hydrogen) atoms. The Bertz CT molecular complexity index is 371. The van der Waals surface area contributed by atoms with Gasteiger partial charge >= 0.3 is 0 Å². The van der Waals surface area contributed by atoms with E-state index in [9.17, 15) is 8.78 Å². The highest BCUT2D eigenvalue weighted by molar-refractivity contribution is 5.21. The van der Waals surface area contributed by atoms with Crippen molar-refractivity contribution in [1.29, 1.82) is 0 Å². The molecule has 1 fully saturated rings. The number of benzene rings is 1. The minimum Gasteiger partial charge on any atom is -0.378 e. The molecule has 1 saturated heterocycles. The summed E-state index contributed by atoms with van der Waals surface area (Å²) in [7, 11) is 0. The summed E-state index contributed by atoms with van der Waals surface area (Å²) < 4.78 is 31.7. The van der Waals surface area contributed by atoms with E-state index in [0.717, 1.165) is 31.9 Å². The van der Waals surface area contributed by atoms with Gasteiger partial charge in [0, 0.05) is 18.7 Å². The summed E-state index contributed by atoms with van der Waals surface area (Å²) in [5.74, 6) is -1.15. The van der Waals surface area contributed by atoms with Crippen LogP contribution in [0.3, 0.4) is 0 Å². The minimum atomic E-state index is -0.575. The van der Waals surface area contributed by atoms with Gasteiger partial charge in [0.15, 0.2) is 0 Å². The zero-order valence-corrected chi connectivity index (χ0v) is 10.4. The summed E-state index contributed by atoms with van der Waals surface area (Å²) in [6.45, 7) is 0.814. The Kier molecular flexibility index (Phi) is 4.66. The molecular formula is C14H19F2NO. The van der Waals surface area contributed by atoms with Crippen molar-refractivity contribution in [1.82, 2.24) is 0 Å². The highest BCUT2D eigenvalue weighted by Crippen LogP contribution is 2.23. The molecule has 0 amide bonds. The fraction of sp³-hybridized carbons (Fsp3) is 0.571. The summed E-state index contributed by atoms with van der Waals surface area (Å²) in [6.07, 6.45) is 5.16. The second kappa shape index (κ2) is 6.25. The number of hydrogen-bond acceptors (Lipinski definition) is 2. The fourth-order valence-electron chi connectivity index (χ4n) is 2.36. The van der Waals surface area contributed by atoms with Crippen LogP contribution in [0.5, 0.6) is 0 Å². The molecule has 4 heteroatoms. The van der Waals surface area contributed by atoms with E-state index in [2.05, 4.69) is 0 Å². The molecule has 2 unspecified atom stereocenters. The Morgan fingerprint density at radius 2 is 1.94 bits per heavy atom. The monoisotopic (exact) mass is 255 g/mol. The van der Waals surface area contributed by atoms with Crippen molar-refractivity contribution in [3.05, 3.63) is 35.4 Å². The van der Waals surface area contributed by atoms with Crippen LogP contribution < -0.4 is 5.73 Å². The van der Waals surface area contributed by atoms with Gasteiger partial charge in [0.05, 0.1) is 6.10 Å². The average Bonchev–Trinajstić information content (AvgIpc) is 2.36. The van der Waals surface area contributed by atoms with Crippen LogP contribution in [0.25, 0.3) is 0 Å². The molecule has 0 radical (unpaired) electrons. The second-order valence-electron chi connectivity index (χ2n) is 4.88. The van der Waals surface area contributed by atoms with Gasteiger partial charge in [-0.3, -0.25) is 0 Å². The Balaban J connectivity index is 1.88. The molecule has 1 aromatic carbocycles. The van der Waals surface area contributed by atoms with Crippen molar-refractivity contribution in [3.8, 4) is 0 Å². The van der Waals surface area contributed by atoms with Crippen LogP contribution >= 0.6 is 0 Å². The van der Waals surface area contributed by atoms with Gasteiger partial charge in [-0.15, -0.1) is 0 Å². The topological polar surface area (TPSA) is 35.2 Å². The van der Waals surface area contributed by atoms with Gasteiger partial charge in [-0.05, 0) is 49.8 Å². The average molecular weight is 255 g/mol. The molecule has 2 N–H and O–H groups in total. The van der Waals surface area contributed by atoms with Crippen LogP contribution in [0.1, 0.15) is 43.7 Å². The normalized spacial score (nSPS) is 21.8. The number of halogens is 2. The van der Waals surface area contributed by atoms with Crippen LogP contribution in [0.4, 0.5) is 8.78 Å². The van der Waals surface area contributed by atoms with Gasteiger partial charge in [0.25, 0.3) is 0 Å². The van der Waals surface area contributed by atoms with E-state index >= 15 is 0 Å². The summed E-state index contributed by atoms with van der Waals surface area (Å²) in [5.41, 5.74) is 6.48. The number of rotatable bonds is 4. The maximum Gasteiger partial charge on any atom is 0.126 e. The van der Waals surface area contributed by atoms with Crippen molar-refractivity contribution in [3.63, 3.8) is 0 Å². The van der Waals surface area contributed by atoms with E-state index < -0.39 is 11.6 Å². The van der Waals surface area contributed by atoms with E-state index in [1.54, 1.807) is 0 Å². The molecule has 100 valence electrons. The number of ether oxygens (including phenoxy) is 1. The van der Waals surface area contributed by atoms with Crippen molar-refractivity contribution >= 4 is 0 Å². The molecule has 0 aliphatic carbocycles. The Labute approximate surface area is 106 Å². The highest BCUT2D eigenvalue weighted by Gasteiger charge is 2.16. The molecule has 1 heterocycles. The number of hydrogen-bond donors (Lipinski definition) is 1. The molecule has 0 saturated carbocycles. The lowest BCUT2D eigenvalue weighted by molar-refractivity contribution is 0.00912. The lowest BCUT2D eigenvalue weighted by Gasteiger charge is -2.23. The van der Waals surface area contributed by atoms with Crippen LogP contribution in [-0.4, -0.2) is 12.7 Å². The van der Waals surface area contributed by atoms with Crippen molar-refractivity contribution in [2.45, 2.75) is 44.2 Å². The van der Waals surface area contributed by atoms with Crippen LogP contribution in [0.15, 0.2) is 18.2 Å². The van der Waals surface area contributed by atoms with Crippen molar-refractivity contribution < 1.29 is 13.5 Å². The van der Waals surface area contributed by atoms with Crippen molar-refractivity contribution in [2.75, 3.05) is 6.61 Å². The standard InChI is InChI=1S/C14H19F2NO/c15-11-7-10(8-12(16)9-11)14(17)5-4-13-3-1-2-6-18-13/h7-9,13-14H,1-6,17H2. The third-order valence-corrected chi connectivity index (χ3v) is 3.39. The molecule has 2 nitrogen and oxygen atoms in total. The number of nitrogens with two attached hydrogens (primary N) is 1. The Morgan fingerprint density at radius 1 is 1.22 bits per heavy atom. The van der Waals surface area contributed by atoms with Gasteiger partial charge in [0.2, 0.25) is 0 Å². The van der Waals surface area contributed by atoms with Gasteiger partial charge in [-0.1, -0.05) is 0 Å².